The minimum atomic E-state index is 0.0399. The summed E-state index contributed by atoms with van der Waals surface area (Å²) >= 11 is 0. The molecule has 238 valence electrons. The fourth-order valence-corrected chi connectivity index (χ4v) is 6.85. The lowest BCUT2D eigenvalue weighted by Gasteiger charge is -2.28. The fourth-order valence-electron chi connectivity index (χ4n) is 6.85. The summed E-state index contributed by atoms with van der Waals surface area (Å²) in [5.74, 6) is 0. The Hall–Kier alpha value is -6.06. The molecule has 8 rings (SSSR count). The third-order valence-electron chi connectivity index (χ3n) is 9.30. The van der Waals surface area contributed by atoms with Crippen LogP contribution in [-0.4, -0.2) is 4.57 Å². The zero-order chi connectivity index (χ0) is 33.4. The van der Waals surface area contributed by atoms with Crippen LogP contribution < -0.4 is 9.80 Å². The molecule has 1 aromatic heterocycles. The van der Waals surface area contributed by atoms with Crippen molar-refractivity contribution in [2.24, 2.45) is 0 Å². The summed E-state index contributed by atoms with van der Waals surface area (Å²) in [6.45, 7) is 6.86. The third kappa shape index (κ3) is 5.74. The smallest absolute Gasteiger partial charge is 0.0542 e. The Balaban J connectivity index is 1.29. The Morgan fingerprint density at radius 2 is 0.735 bits per heavy atom. The number of aromatic nitrogens is 1. The number of hydrogen-bond acceptors (Lipinski definition) is 2. The second-order valence-corrected chi connectivity index (χ2v) is 13.5. The highest BCUT2D eigenvalue weighted by Gasteiger charge is 2.21. The lowest BCUT2D eigenvalue weighted by molar-refractivity contribution is 0.591. The number of hydrogen-bond donors (Lipinski definition) is 0. The molecule has 0 aliphatic heterocycles. The van der Waals surface area contributed by atoms with Crippen LogP contribution in [0, 0.1) is 0 Å². The summed E-state index contributed by atoms with van der Waals surface area (Å²) in [6, 6.07) is 65.2. The van der Waals surface area contributed by atoms with E-state index in [1.165, 1.54) is 27.4 Å². The Morgan fingerprint density at radius 1 is 0.367 bits per heavy atom. The molecule has 7 aromatic carbocycles. The van der Waals surface area contributed by atoms with Crippen molar-refractivity contribution in [3.8, 4) is 5.69 Å². The monoisotopic (exact) mass is 633 g/mol. The zero-order valence-electron chi connectivity index (χ0n) is 28.2. The number of fused-ring (bicyclic) bond motifs is 3. The largest absolute Gasteiger partial charge is 0.311 e. The van der Waals surface area contributed by atoms with E-state index in [0.717, 1.165) is 39.8 Å². The molecule has 0 N–H and O–H groups in total. The highest BCUT2D eigenvalue weighted by molar-refractivity contribution is 6.11. The van der Waals surface area contributed by atoms with Crippen LogP contribution in [0.2, 0.25) is 0 Å². The SMILES string of the molecule is CC(C)(C)c1ccc2c(c1)c1cc(N(c3ccccc3)c3ccc(N(c4ccccc4)c4ccccc4)cc3)ccc1n2-c1ccccc1. The summed E-state index contributed by atoms with van der Waals surface area (Å²) in [5, 5.41) is 2.50. The standard InChI is InChI=1S/C46H39N3/c1-46(2,3)34-24-30-44-42(32-34)43-33-41(29-31-45(43)49(44)38-22-14-7-15-23-38)48(37-20-12-6-13-21-37)40-27-25-39(26-28-40)47(35-16-8-4-9-17-35)36-18-10-5-11-19-36/h4-33H,1-3H3. The third-order valence-corrected chi connectivity index (χ3v) is 9.30. The highest BCUT2D eigenvalue weighted by Crippen LogP contribution is 2.42. The summed E-state index contributed by atoms with van der Waals surface area (Å²) in [4.78, 5) is 4.66. The van der Waals surface area contributed by atoms with Crippen molar-refractivity contribution in [2.45, 2.75) is 26.2 Å². The van der Waals surface area contributed by atoms with Crippen LogP contribution in [0.4, 0.5) is 34.1 Å². The molecule has 0 bridgehead atoms. The maximum absolute atomic E-state index is 2.39. The van der Waals surface area contributed by atoms with Crippen molar-refractivity contribution in [1.29, 1.82) is 0 Å². The van der Waals surface area contributed by atoms with E-state index in [4.69, 9.17) is 0 Å². The van der Waals surface area contributed by atoms with Crippen LogP contribution in [0.1, 0.15) is 26.3 Å². The Bertz CT molecular complexity index is 2300. The first-order valence-electron chi connectivity index (χ1n) is 17.0. The van der Waals surface area contributed by atoms with E-state index < -0.39 is 0 Å². The summed E-state index contributed by atoms with van der Waals surface area (Å²) in [5.41, 5.74) is 11.6. The van der Waals surface area contributed by atoms with Gasteiger partial charge in [0.25, 0.3) is 0 Å². The predicted molar refractivity (Wildman–Crippen MR) is 209 cm³/mol. The summed E-state index contributed by atoms with van der Waals surface area (Å²) in [6.07, 6.45) is 0. The van der Waals surface area contributed by atoms with E-state index in [0.29, 0.717) is 0 Å². The maximum Gasteiger partial charge on any atom is 0.0542 e. The normalized spacial score (nSPS) is 11.6. The molecular weight excluding hydrogens is 595 g/mol. The van der Waals surface area contributed by atoms with E-state index in [2.05, 4.69) is 217 Å². The molecule has 0 amide bonds. The average Bonchev–Trinajstić information content (AvgIpc) is 3.47. The second kappa shape index (κ2) is 12.5. The Morgan fingerprint density at radius 3 is 1.20 bits per heavy atom. The summed E-state index contributed by atoms with van der Waals surface area (Å²) < 4.78 is 2.39. The average molecular weight is 634 g/mol. The van der Waals surface area contributed by atoms with E-state index in [9.17, 15) is 0 Å². The molecule has 1 heterocycles. The van der Waals surface area contributed by atoms with Gasteiger partial charge in [0.2, 0.25) is 0 Å². The van der Waals surface area contributed by atoms with Crippen LogP contribution in [0.5, 0.6) is 0 Å². The quantitative estimate of drug-likeness (QED) is 0.173. The van der Waals surface area contributed by atoms with E-state index in [1.807, 2.05) is 0 Å². The van der Waals surface area contributed by atoms with Crippen molar-refractivity contribution in [1.82, 2.24) is 4.57 Å². The molecule has 0 aliphatic carbocycles. The van der Waals surface area contributed by atoms with Gasteiger partial charge in [0, 0.05) is 50.6 Å². The van der Waals surface area contributed by atoms with Crippen molar-refractivity contribution in [3.63, 3.8) is 0 Å². The first-order valence-corrected chi connectivity index (χ1v) is 17.0. The van der Waals surface area contributed by atoms with Gasteiger partial charge in [-0.2, -0.15) is 0 Å². The molecule has 3 heteroatoms. The van der Waals surface area contributed by atoms with Crippen LogP contribution in [0.15, 0.2) is 182 Å². The molecule has 0 radical (unpaired) electrons. The second-order valence-electron chi connectivity index (χ2n) is 13.5. The van der Waals surface area contributed by atoms with E-state index in [-0.39, 0.29) is 5.41 Å². The first kappa shape index (κ1) is 30.3. The predicted octanol–water partition coefficient (Wildman–Crippen LogP) is 13.0. The molecule has 0 fully saturated rings. The van der Waals surface area contributed by atoms with Gasteiger partial charge in [-0.15, -0.1) is 0 Å². The van der Waals surface area contributed by atoms with Crippen LogP contribution in [-0.2, 0) is 5.41 Å². The summed E-state index contributed by atoms with van der Waals surface area (Å²) in [7, 11) is 0. The number of anilines is 6. The minimum absolute atomic E-state index is 0.0399. The Kier molecular flexibility index (Phi) is 7.74. The molecule has 0 aliphatic rings. The lowest BCUT2D eigenvalue weighted by atomic mass is 9.86. The van der Waals surface area contributed by atoms with Gasteiger partial charge in [0.15, 0.2) is 0 Å². The maximum atomic E-state index is 2.39. The van der Waals surface area contributed by atoms with Crippen LogP contribution >= 0.6 is 0 Å². The van der Waals surface area contributed by atoms with Crippen molar-refractivity contribution in [2.75, 3.05) is 9.80 Å². The molecule has 3 nitrogen and oxygen atoms in total. The number of rotatable bonds is 7. The van der Waals surface area contributed by atoms with Gasteiger partial charge in [-0.1, -0.05) is 99.6 Å². The number of para-hydroxylation sites is 4. The van der Waals surface area contributed by atoms with Crippen molar-refractivity contribution in [3.05, 3.63) is 188 Å². The fraction of sp³-hybridized carbons (Fsp3) is 0.0870. The lowest BCUT2D eigenvalue weighted by Crippen LogP contribution is -2.12. The van der Waals surface area contributed by atoms with Gasteiger partial charge in [0.1, 0.15) is 0 Å². The molecule has 0 saturated carbocycles. The van der Waals surface area contributed by atoms with Gasteiger partial charge in [-0.05, 0) is 114 Å². The van der Waals surface area contributed by atoms with Gasteiger partial charge in [-0.25, -0.2) is 0 Å². The molecule has 49 heavy (non-hydrogen) atoms. The van der Waals surface area contributed by atoms with Gasteiger partial charge < -0.3 is 14.4 Å². The van der Waals surface area contributed by atoms with Crippen LogP contribution in [0.25, 0.3) is 27.5 Å². The molecular formula is C46H39N3. The number of benzene rings is 7. The molecule has 0 unspecified atom stereocenters. The number of nitrogens with zero attached hydrogens (tertiary/aromatic N) is 3. The van der Waals surface area contributed by atoms with Gasteiger partial charge in [-0.3, -0.25) is 0 Å². The molecule has 0 spiro atoms. The highest BCUT2D eigenvalue weighted by atomic mass is 15.2. The van der Waals surface area contributed by atoms with Crippen molar-refractivity contribution >= 4 is 55.9 Å². The van der Waals surface area contributed by atoms with Gasteiger partial charge >= 0.3 is 0 Å². The molecule has 8 aromatic rings. The van der Waals surface area contributed by atoms with E-state index in [1.54, 1.807) is 0 Å². The van der Waals surface area contributed by atoms with E-state index >= 15 is 0 Å². The first-order chi connectivity index (χ1) is 24.0. The molecule has 0 atom stereocenters. The van der Waals surface area contributed by atoms with Crippen molar-refractivity contribution < 1.29 is 0 Å². The topological polar surface area (TPSA) is 11.4 Å². The zero-order valence-corrected chi connectivity index (χ0v) is 28.2. The van der Waals surface area contributed by atoms with Gasteiger partial charge in [0.05, 0.1) is 11.0 Å². The van der Waals surface area contributed by atoms with Crippen LogP contribution in [0.3, 0.4) is 0 Å². The minimum Gasteiger partial charge on any atom is -0.311 e. The molecule has 0 saturated heterocycles. The Labute approximate surface area is 288 Å².